The Labute approximate surface area is 121 Å². The lowest BCUT2D eigenvalue weighted by molar-refractivity contribution is 0.490. The van der Waals surface area contributed by atoms with Crippen LogP contribution in [0.5, 0.6) is 0 Å². The van der Waals surface area contributed by atoms with Crippen LogP contribution in [-0.4, -0.2) is 16.1 Å². The molecule has 0 aliphatic carbocycles. The lowest BCUT2D eigenvalue weighted by Crippen LogP contribution is -2.20. The molecule has 1 aromatic carbocycles. The van der Waals surface area contributed by atoms with Gasteiger partial charge in [0.2, 0.25) is 0 Å². The first-order chi connectivity index (χ1) is 9.67. The summed E-state index contributed by atoms with van der Waals surface area (Å²) < 4.78 is 2.16. The molecule has 0 saturated heterocycles. The second-order valence-corrected chi connectivity index (χ2v) is 5.69. The van der Waals surface area contributed by atoms with E-state index in [1.165, 1.54) is 17.7 Å². The second-order valence-electron chi connectivity index (χ2n) is 5.69. The van der Waals surface area contributed by atoms with E-state index in [-0.39, 0.29) is 0 Å². The molecule has 0 amide bonds. The maximum atomic E-state index is 5.93. The summed E-state index contributed by atoms with van der Waals surface area (Å²) >= 11 is 0. The number of rotatable bonds is 6. The minimum atomic E-state index is 0.341. The van der Waals surface area contributed by atoms with Gasteiger partial charge in [0.25, 0.3) is 0 Å². The lowest BCUT2D eigenvalue weighted by Gasteiger charge is -2.20. The number of hydrogen-bond donors (Lipinski definition) is 1. The fourth-order valence-corrected chi connectivity index (χ4v) is 2.64. The predicted molar refractivity (Wildman–Crippen MR) is 84.2 cm³/mol. The van der Waals surface area contributed by atoms with Crippen LogP contribution >= 0.6 is 0 Å². The van der Waals surface area contributed by atoms with Gasteiger partial charge in [0.05, 0.1) is 6.33 Å². The van der Waals surface area contributed by atoms with Gasteiger partial charge in [-0.3, -0.25) is 0 Å². The Hall–Kier alpha value is -1.61. The van der Waals surface area contributed by atoms with Gasteiger partial charge in [-0.15, -0.1) is 0 Å². The Morgan fingerprint density at radius 3 is 2.45 bits per heavy atom. The largest absolute Gasteiger partial charge is 0.330 e. The molecule has 0 aliphatic rings. The van der Waals surface area contributed by atoms with Gasteiger partial charge < -0.3 is 10.3 Å². The molecule has 0 aliphatic heterocycles. The molecule has 0 saturated carbocycles. The van der Waals surface area contributed by atoms with E-state index in [1.807, 2.05) is 12.5 Å². The quantitative estimate of drug-likeness (QED) is 0.873. The molecule has 0 fully saturated rings. The average molecular weight is 271 g/mol. The van der Waals surface area contributed by atoms with Crippen LogP contribution < -0.4 is 5.73 Å². The minimum absolute atomic E-state index is 0.341. The highest BCUT2D eigenvalue weighted by Crippen LogP contribution is 2.25. The van der Waals surface area contributed by atoms with Gasteiger partial charge in [-0.2, -0.15) is 0 Å². The molecule has 2 aromatic rings. The maximum absolute atomic E-state index is 5.93. The van der Waals surface area contributed by atoms with E-state index in [9.17, 15) is 0 Å². The fraction of sp³-hybridized carbons (Fsp3) is 0.471. The van der Waals surface area contributed by atoms with Crippen LogP contribution in [0.25, 0.3) is 5.69 Å². The first-order valence-corrected chi connectivity index (χ1v) is 7.49. The first-order valence-electron chi connectivity index (χ1n) is 7.49. The smallest absolute Gasteiger partial charge is 0.0994 e. The van der Waals surface area contributed by atoms with Gasteiger partial charge in [-0.1, -0.05) is 39.3 Å². The maximum Gasteiger partial charge on any atom is 0.0994 e. The van der Waals surface area contributed by atoms with Gasteiger partial charge >= 0.3 is 0 Å². The minimum Gasteiger partial charge on any atom is -0.330 e. The molecular weight excluding hydrogens is 246 g/mol. The highest BCUT2D eigenvalue weighted by atomic mass is 15.1. The lowest BCUT2D eigenvalue weighted by atomic mass is 9.93. The Balaban J connectivity index is 2.31. The number of aryl methyl sites for hydroxylation is 1. The molecule has 3 heteroatoms. The molecule has 0 radical (unpaired) electrons. The molecule has 2 rings (SSSR count). The average Bonchev–Trinajstić information content (AvgIpc) is 2.89. The van der Waals surface area contributed by atoms with E-state index < -0.39 is 0 Å². The van der Waals surface area contributed by atoms with Crippen molar-refractivity contribution in [3.63, 3.8) is 0 Å². The summed E-state index contributed by atoms with van der Waals surface area (Å²) in [6, 6.07) is 8.75. The van der Waals surface area contributed by atoms with Gasteiger partial charge in [-0.05, 0) is 30.0 Å². The third kappa shape index (κ3) is 3.10. The molecule has 1 atom stereocenters. The van der Waals surface area contributed by atoms with Gasteiger partial charge in [0.1, 0.15) is 0 Å². The zero-order chi connectivity index (χ0) is 14.5. The molecular formula is C17H25N3. The van der Waals surface area contributed by atoms with Crippen molar-refractivity contribution < 1.29 is 0 Å². The van der Waals surface area contributed by atoms with Crippen LogP contribution in [0, 0.1) is 5.92 Å². The van der Waals surface area contributed by atoms with E-state index in [1.54, 1.807) is 0 Å². The summed E-state index contributed by atoms with van der Waals surface area (Å²) in [7, 11) is 0. The van der Waals surface area contributed by atoms with Crippen LogP contribution in [0.4, 0.5) is 0 Å². The van der Waals surface area contributed by atoms with Crippen molar-refractivity contribution in [2.45, 2.75) is 39.5 Å². The van der Waals surface area contributed by atoms with E-state index in [0.717, 1.165) is 12.1 Å². The highest BCUT2D eigenvalue weighted by Gasteiger charge is 2.18. The predicted octanol–water partition coefficient (Wildman–Crippen LogP) is 3.52. The summed E-state index contributed by atoms with van der Waals surface area (Å²) in [6.45, 7) is 7.27. The molecule has 20 heavy (non-hydrogen) atoms. The molecule has 1 aromatic heterocycles. The third-order valence-electron chi connectivity index (χ3n) is 3.86. The summed E-state index contributed by atoms with van der Waals surface area (Å²) in [5.74, 6) is 0.850. The van der Waals surface area contributed by atoms with Crippen molar-refractivity contribution in [2.24, 2.45) is 11.7 Å². The number of benzene rings is 1. The van der Waals surface area contributed by atoms with Gasteiger partial charge in [0, 0.05) is 30.0 Å². The normalized spacial score (nSPS) is 12.8. The molecule has 1 heterocycles. The number of nitrogens with zero attached hydrogens (tertiary/aromatic N) is 2. The van der Waals surface area contributed by atoms with Crippen molar-refractivity contribution in [3.8, 4) is 5.69 Å². The van der Waals surface area contributed by atoms with Crippen molar-refractivity contribution >= 4 is 0 Å². The summed E-state index contributed by atoms with van der Waals surface area (Å²) in [4.78, 5) is 4.32. The van der Waals surface area contributed by atoms with Gasteiger partial charge in [-0.25, -0.2) is 4.98 Å². The highest BCUT2D eigenvalue weighted by molar-refractivity contribution is 5.37. The van der Waals surface area contributed by atoms with E-state index >= 15 is 0 Å². The zero-order valence-corrected chi connectivity index (χ0v) is 12.7. The van der Waals surface area contributed by atoms with E-state index in [2.05, 4.69) is 54.6 Å². The van der Waals surface area contributed by atoms with Crippen LogP contribution in [0.15, 0.2) is 36.8 Å². The van der Waals surface area contributed by atoms with Gasteiger partial charge in [0.15, 0.2) is 0 Å². The Bertz CT molecular complexity index is 525. The molecule has 0 spiro atoms. The molecule has 108 valence electrons. The molecule has 2 N–H and O–H groups in total. The fourth-order valence-electron chi connectivity index (χ4n) is 2.64. The van der Waals surface area contributed by atoms with Crippen molar-refractivity contribution in [2.75, 3.05) is 6.54 Å². The van der Waals surface area contributed by atoms with Crippen molar-refractivity contribution in [1.29, 1.82) is 0 Å². The van der Waals surface area contributed by atoms with Crippen LogP contribution in [0.2, 0.25) is 0 Å². The molecule has 3 nitrogen and oxygen atoms in total. The zero-order valence-electron chi connectivity index (χ0n) is 12.7. The van der Waals surface area contributed by atoms with Crippen molar-refractivity contribution in [3.05, 3.63) is 48.0 Å². The molecule has 0 bridgehead atoms. The first kappa shape index (κ1) is 14.8. The van der Waals surface area contributed by atoms with E-state index in [4.69, 9.17) is 5.73 Å². The second kappa shape index (κ2) is 6.71. The van der Waals surface area contributed by atoms with E-state index in [0.29, 0.717) is 18.4 Å². The SMILES string of the molecule is CCCc1ccc(-n2cncc2C(CN)C(C)C)cc1. The van der Waals surface area contributed by atoms with Crippen LogP contribution in [0.1, 0.15) is 44.4 Å². The summed E-state index contributed by atoms with van der Waals surface area (Å²) in [6.07, 6.45) is 6.14. The number of hydrogen-bond acceptors (Lipinski definition) is 2. The van der Waals surface area contributed by atoms with Crippen LogP contribution in [0.3, 0.4) is 0 Å². The molecule has 1 unspecified atom stereocenters. The summed E-state index contributed by atoms with van der Waals surface area (Å²) in [5.41, 5.74) is 9.68. The van der Waals surface area contributed by atoms with Crippen LogP contribution in [-0.2, 0) is 6.42 Å². The Kier molecular flexibility index (Phi) is 4.96. The van der Waals surface area contributed by atoms with Crippen molar-refractivity contribution in [1.82, 2.24) is 9.55 Å². The number of imidazole rings is 1. The monoisotopic (exact) mass is 271 g/mol. The number of aromatic nitrogens is 2. The standard InChI is InChI=1S/C17H25N3/c1-4-5-14-6-8-15(9-7-14)20-12-19-11-17(20)16(10-18)13(2)3/h6-9,11-13,16H,4-5,10,18H2,1-3H3. The topological polar surface area (TPSA) is 43.8 Å². The third-order valence-corrected chi connectivity index (χ3v) is 3.86. The Morgan fingerprint density at radius 1 is 1.20 bits per heavy atom. The summed E-state index contributed by atoms with van der Waals surface area (Å²) in [5, 5.41) is 0. The number of nitrogens with two attached hydrogens (primary N) is 1. The Morgan fingerprint density at radius 2 is 1.90 bits per heavy atom.